The molecule has 0 aromatic carbocycles. The average molecular weight is 492 g/mol. The molecule has 1 aliphatic heterocycles. The van der Waals surface area contributed by atoms with E-state index in [4.69, 9.17) is 9.73 Å². The van der Waals surface area contributed by atoms with Crippen molar-refractivity contribution in [3.05, 3.63) is 11.6 Å². The number of ether oxygens (including phenoxy) is 1. The first-order valence-corrected chi connectivity index (χ1v) is 10.1. The van der Waals surface area contributed by atoms with Crippen molar-refractivity contribution in [2.24, 2.45) is 18.0 Å². The highest BCUT2D eigenvalue weighted by Crippen LogP contribution is 2.12. The maximum Gasteiger partial charge on any atom is 0.191 e. The topological polar surface area (TPSA) is 76.4 Å². The Kier molecular flexibility index (Phi) is 11.9. The Morgan fingerprint density at radius 1 is 1.33 bits per heavy atom. The van der Waals surface area contributed by atoms with Crippen LogP contribution in [0, 0.1) is 12.8 Å². The van der Waals surface area contributed by atoms with Crippen molar-refractivity contribution < 1.29 is 4.74 Å². The summed E-state index contributed by atoms with van der Waals surface area (Å²) in [4.78, 5) is 4.73. The number of nitrogens with one attached hydrogen (secondary N) is 2. The number of rotatable bonds is 10. The smallest absolute Gasteiger partial charge is 0.191 e. The van der Waals surface area contributed by atoms with Gasteiger partial charge in [-0.3, -0.25) is 0 Å². The van der Waals surface area contributed by atoms with Gasteiger partial charge in [-0.05, 0) is 32.1 Å². The lowest BCUT2D eigenvalue weighted by Crippen LogP contribution is -2.43. The van der Waals surface area contributed by atoms with Crippen molar-refractivity contribution in [3.8, 4) is 0 Å². The molecule has 2 unspecified atom stereocenters. The van der Waals surface area contributed by atoms with Gasteiger partial charge in [-0.25, -0.2) is 4.99 Å². The lowest BCUT2D eigenvalue weighted by Gasteiger charge is -2.19. The quantitative estimate of drug-likeness (QED) is 0.298. The molecule has 7 nitrogen and oxygen atoms in total. The summed E-state index contributed by atoms with van der Waals surface area (Å²) in [6.07, 6.45) is 7.56. The second kappa shape index (κ2) is 13.3. The van der Waals surface area contributed by atoms with Crippen LogP contribution < -0.4 is 10.6 Å². The fourth-order valence-corrected chi connectivity index (χ4v) is 3.11. The molecule has 2 N–H and O–H groups in total. The van der Waals surface area contributed by atoms with Crippen molar-refractivity contribution >= 4 is 29.9 Å². The van der Waals surface area contributed by atoms with Crippen molar-refractivity contribution in [3.63, 3.8) is 0 Å². The van der Waals surface area contributed by atoms with E-state index in [-0.39, 0.29) is 24.0 Å². The van der Waals surface area contributed by atoms with Gasteiger partial charge in [-0.2, -0.15) is 0 Å². The van der Waals surface area contributed by atoms with E-state index in [9.17, 15) is 0 Å². The fraction of sp³-hybridized carbons (Fsp3) is 0.842. The van der Waals surface area contributed by atoms with Crippen molar-refractivity contribution in [2.75, 3.05) is 19.7 Å². The molecule has 1 aromatic heterocycles. The lowest BCUT2D eigenvalue weighted by atomic mass is 9.99. The van der Waals surface area contributed by atoms with E-state index in [0.29, 0.717) is 18.6 Å². The predicted molar refractivity (Wildman–Crippen MR) is 121 cm³/mol. The van der Waals surface area contributed by atoms with Gasteiger partial charge >= 0.3 is 0 Å². The van der Waals surface area contributed by atoms with E-state index in [2.05, 4.69) is 34.7 Å². The van der Waals surface area contributed by atoms with Crippen LogP contribution >= 0.6 is 24.0 Å². The zero-order valence-corrected chi connectivity index (χ0v) is 19.7. The zero-order valence-electron chi connectivity index (χ0n) is 17.3. The van der Waals surface area contributed by atoms with Gasteiger partial charge in [0.1, 0.15) is 12.4 Å². The maximum atomic E-state index is 5.72. The highest BCUT2D eigenvalue weighted by molar-refractivity contribution is 14.0. The van der Waals surface area contributed by atoms with Gasteiger partial charge in [0.15, 0.2) is 11.8 Å². The summed E-state index contributed by atoms with van der Waals surface area (Å²) in [5.41, 5.74) is 0. The van der Waals surface area contributed by atoms with Gasteiger partial charge in [-0.15, -0.1) is 34.2 Å². The minimum atomic E-state index is 0. The summed E-state index contributed by atoms with van der Waals surface area (Å²) in [6, 6.07) is 0. The highest BCUT2D eigenvalue weighted by atomic mass is 127. The minimum Gasteiger partial charge on any atom is -0.376 e. The molecular formula is C19H37IN6O. The number of nitrogens with zero attached hydrogens (tertiary/aromatic N) is 4. The molecule has 27 heavy (non-hydrogen) atoms. The van der Waals surface area contributed by atoms with Crippen LogP contribution in [-0.2, 0) is 18.3 Å². The molecule has 2 rings (SSSR count). The van der Waals surface area contributed by atoms with Gasteiger partial charge in [0.2, 0.25) is 0 Å². The van der Waals surface area contributed by atoms with Crippen molar-refractivity contribution in [2.45, 2.75) is 71.9 Å². The van der Waals surface area contributed by atoms with E-state index in [1.807, 2.05) is 18.5 Å². The number of unbranched alkanes of at least 4 members (excludes halogenated alkanes) is 1. The maximum absolute atomic E-state index is 5.72. The SMILES string of the molecule is CCCCC(CC)CNC(=NCc1nnc(C)n1C)NCC1CCCO1.I. The van der Waals surface area contributed by atoms with Crippen LogP contribution in [0.3, 0.4) is 0 Å². The number of aryl methyl sites for hydroxylation is 1. The summed E-state index contributed by atoms with van der Waals surface area (Å²) in [7, 11) is 1.98. The molecule has 0 amide bonds. The molecule has 1 aromatic rings. The Hall–Kier alpha value is -0.900. The summed E-state index contributed by atoms with van der Waals surface area (Å²) < 4.78 is 7.70. The molecule has 0 radical (unpaired) electrons. The van der Waals surface area contributed by atoms with Gasteiger partial charge in [0.05, 0.1) is 6.10 Å². The molecule has 1 fully saturated rings. The first-order valence-electron chi connectivity index (χ1n) is 10.1. The van der Waals surface area contributed by atoms with Crippen LogP contribution in [0.1, 0.15) is 64.0 Å². The molecule has 156 valence electrons. The van der Waals surface area contributed by atoms with Crippen molar-refractivity contribution in [1.29, 1.82) is 0 Å². The zero-order chi connectivity index (χ0) is 18.8. The third kappa shape index (κ3) is 8.33. The number of aromatic nitrogens is 3. The third-order valence-corrected chi connectivity index (χ3v) is 5.18. The number of hydrogen-bond donors (Lipinski definition) is 2. The van der Waals surface area contributed by atoms with E-state index in [1.165, 1.54) is 25.7 Å². The normalized spacial score (nSPS) is 18.2. The van der Waals surface area contributed by atoms with Crippen LogP contribution in [0.15, 0.2) is 4.99 Å². The number of guanidine groups is 1. The molecule has 2 heterocycles. The van der Waals surface area contributed by atoms with Gasteiger partial charge < -0.3 is 19.9 Å². The molecule has 0 bridgehead atoms. The van der Waals surface area contributed by atoms with Crippen molar-refractivity contribution in [1.82, 2.24) is 25.4 Å². The van der Waals surface area contributed by atoms with Crippen LogP contribution in [0.2, 0.25) is 0 Å². The number of halogens is 1. The van der Waals surface area contributed by atoms with Gasteiger partial charge in [-0.1, -0.05) is 33.1 Å². The summed E-state index contributed by atoms with van der Waals surface area (Å²) in [6.45, 7) is 9.61. The van der Waals surface area contributed by atoms with Crippen LogP contribution in [0.25, 0.3) is 0 Å². The summed E-state index contributed by atoms with van der Waals surface area (Å²) in [5.74, 6) is 3.30. The van der Waals surface area contributed by atoms with E-state index in [1.54, 1.807) is 0 Å². The Morgan fingerprint density at radius 3 is 2.74 bits per heavy atom. The number of hydrogen-bond acceptors (Lipinski definition) is 4. The molecule has 0 saturated carbocycles. The van der Waals surface area contributed by atoms with Crippen LogP contribution in [0.4, 0.5) is 0 Å². The average Bonchev–Trinajstić information content (AvgIpc) is 3.28. The van der Waals surface area contributed by atoms with E-state index in [0.717, 1.165) is 50.1 Å². The largest absolute Gasteiger partial charge is 0.376 e. The van der Waals surface area contributed by atoms with E-state index < -0.39 is 0 Å². The second-order valence-electron chi connectivity index (χ2n) is 7.20. The van der Waals surface area contributed by atoms with E-state index >= 15 is 0 Å². The molecule has 0 spiro atoms. The third-order valence-electron chi connectivity index (χ3n) is 5.18. The van der Waals surface area contributed by atoms with Gasteiger partial charge in [0, 0.05) is 26.7 Å². The highest BCUT2D eigenvalue weighted by Gasteiger charge is 2.16. The van der Waals surface area contributed by atoms with Crippen LogP contribution in [0.5, 0.6) is 0 Å². The second-order valence-corrected chi connectivity index (χ2v) is 7.20. The number of aliphatic imine (C=N–C) groups is 1. The van der Waals surface area contributed by atoms with Gasteiger partial charge in [0.25, 0.3) is 0 Å². The monoisotopic (exact) mass is 492 g/mol. The lowest BCUT2D eigenvalue weighted by molar-refractivity contribution is 0.113. The minimum absolute atomic E-state index is 0. The fourth-order valence-electron chi connectivity index (χ4n) is 3.11. The first-order chi connectivity index (χ1) is 12.6. The molecular weight excluding hydrogens is 455 g/mol. The Morgan fingerprint density at radius 2 is 2.15 bits per heavy atom. The first kappa shape index (κ1) is 24.1. The molecule has 8 heteroatoms. The Bertz CT molecular complexity index is 556. The standard InChI is InChI=1S/C19H36N6O.HI/c1-5-7-9-16(6-2)12-20-19(21-13-17-10-8-11-26-17)22-14-18-24-23-15(3)25(18)4;/h16-17H,5-14H2,1-4H3,(H2,20,21,22);1H. The summed E-state index contributed by atoms with van der Waals surface area (Å²) in [5, 5.41) is 15.3. The Balaban J connectivity index is 0.00000364. The Labute approximate surface area is 181 Å². The molecule has 1 saturated heterocycles. The molecule has 0 aliphatic carbocycles. The molecule has 2 atom stereocenters. The molecule has 1 aliphatic rings. The summed E-state index contributed by atoms with van der Waals surface area (Å²) >= 11 is 0. The predicted octanol–water partition coefficient (Wildman–Crippen LogP) is 3.17. The van der Waals surface area contributed by atoms with Crippen LogP contribution in [-0.4, -0.2) is 46.5 Å².